The number of benzene rings is 1. The first-order valence-corrected chi connectivity index (χ1v) is 15.5. The minimum absolute atomic E-state index is 0.0500. The van der Waals surface area contributed by atoms with Crippen molar-refractivity contribution in [3.63, 3.8) is 0 Å². The molecule has 2 aromatic heterocycles. The molecule has 0 bridgehead atoms. The van der Waals surface area contributed by atoms with E-state index in [1.807, 2.05) is 17.9 Å². The number of fused-ring (bicyclic) bond motifs is 1. The number of amides is 1. The number of ether oxygens (including phenoxy) is 1. The van der Waals surface area contributed by atoms with Gasteiger partial charge in [-0.15, -0.1) is 5.10 Å². The summed E-state index contributed by atoms with van der Waals surface area (Å²) in [5.41, 5.74) is 1.04. The number of hydrogen-bond acceptors (Lipinski definition) is 7. The summed E-state index contributed by atoms with van der Waals surface area (Å²) < 4.78 is 74.7. The monoisotopic (exact) mass is 617 g/mol. The summed E-state index contributed by atoms with van der Waals surface area (Å²) in [6.07, 6.45) is 3.91. The third-order valence-electron chi connectivity index (χ3n) is 7.24. The predicted molar refractivity (Wildman–Crippen MR) is 151 cm³/mol. The highest BCUT2D eigenvalue weighted by molar-refractivity contribution is 8.45. The lowest BCUT2D eigenvalue weighted by atomic mass is 10.2. The third-order valence-corrected chi connectivity index (χ3v) is 8.39. The van der Waals surface area contributed by atoms with Gasteiger partial charge in [0, 0.05) is 44.0 Å². The van der Waals surface area contributed by atoms with Gasteiger partial charge in [0.25, 0.3) is 5.56 Å². The van der Waals surface area contributed by atoms with E-state index in [1.54, 1.807) is 4.57 Å². The lowest BCUT2D eigenvalue weighted by Gasteiger charge is -2.40. The number of anilines is 2. The number of allylic oxidation sites excluding steroid dienone is 1. The van der Waals surface area contributed by atoms with Crippen LogP contribution in [0.5, 0.6) is 0 Å². The van der Waals surface area contributed by atoms with Gasteiger partial charge in [-0.1, -0.05) is 32.4 Å². The Morgan fingerprint density at radius 2 is 1.90 bits per heavy atom. The second-order valence-electron chi connectivity index (χ2n) is 10.3. The van der Waals surface area contributed by atoms with E-state index in [0.717, 1.165) is 18.9 Å². The average molecular weight is 618 g/mol. The number of aromatic nitrogens is 4. The quantitative estimate of drug-likeness (QED) is 0.372. The average Bonchev–Trinajstić information content (AvgIpc) is 3.19. The molecule has 0 radical (unpaired) electrons. The zero-order valence-electron chi connectivity index (χ0n) is 23.1. The van der Waals surface area contributed by atoms with Crippen LogP contribution in [0.15, 0.2) is 34.0 Å². The van der Waals surface area contributed by atoms with Gasteiger partial charge in [0.15, 0.2) is 5.82 Å². The van der Waals surface area contributed by atoms with Crippen molar-refractivity contribution in [2.45, 2.75) is 44.6 Å². The van der Waals surface area contributed by atoms with Crippen LogP contribution >= 0.6 is 10.2 Å². The summed E-state index contributed by atoms with van der Waals surface area (Å²) in [7, 11) is -9.88. The van der Waals surface area contributed by atoms with E-state index in [4.69, 9.17) is 4.74 Å². The molecule has 1 saturated heterocycles. The summed E-state index contributed by atoms with van der Waals surface area (Å²) >= 11 is 0. The first kappa shape index (κ1) is 30.0. The fourth-order valence-electron chi connectivity index (χ4n) is 5.16. The molecule has 4 heterocycles. The number of rotatable bonds is 7. The summed E-state index contributed by atoms with van der Waals surface area (Å²) in [5, 5.41) is 10.3. The van der Waals surface area contributed by atoms with Crippen LogP contribution in [0.3, 0.4) is 0 Å². The number of carbonyl (C=O) groups excluding carboxylic acids is 1. The predicted octanol–water partition coefficient (Wildman–Crippen LogP) is 4.66. The van der Waals surface area contributed by atoms with Crippen LogP contribution in [-0.4, -0.2) is 64.5 Å². The van der Waals surface area contributed by atoms with E-state index in [1.165, 1.54) is 11.4 Å². The van der Waals surface area contributed by atoms with E-state index in [9.17, 15) is 29.0 Å². The summed E-state index contributed by atoms with van der Waals surface area (Å²) in [5.74, 6) is -0.226. The maximum atomic E-state index is 13.8. The maximum Gasteiger partial charge on any atom is 0.310 e. The Bertz CT molecular complexity index is 1630. The molecule has 42 heavy (non-hydrogen) atoms. The zero-order valence-corrected chi connectivity index (χ0v) is 24.0. The van der Waals surface area contributed by atoms with E-state index in [2.05, 4.69) is 20.7 Å². The number of nitrogens with one attached hydrogen (secondary N) is 2. The number of aryl methyl sites for hydroxylation is 1. The van der Waals surface area contributed by atoms with Gasteiger partial charge in [-0.2, -0.15) is 9.50 Å². The fraction of sp³-hybridized carbons (Fsp3) is 0.462. The van der Waals surface area contributed by atoms with Crippen LogP contribution < -0.4 is 21.1 Å². The first-order valence-electron chi connectivity index (χ1n) is 13.6. The van der Waals surface area contributed by atoms with Crippen molar-refractivity contribution in [1.29, 1.82) is 0 Å². The Kier molecular flexibility index (Phi) is 7.38. The maximum absolute atomic E-state index is 13.8. The smallest absolute Gasteiger partial charge is 0.310 e. The normalized spacial score (nSPS) is 18.3. The highest BCUT2D eigenvalue weighted by atomic mass is 32.5. The standard InChI is InChI=1S/C26H32F5N7O3S/c1-3-21-23(36-11-9-32-10-12-36)25(40)38-26(34-24(35-38)18-6-4-5-13-41-16-18)37(21)15-22(39)33-20-8-7-19(14-17(20)2)42(27,28,29,30)31/h6-8,14,32H,3-5,9-13,15-16H2,1-2H3,(H,33,39). The minimum Gasteiger partial charge on any atom is -0.377 e. The Labute approximate surface area is 238 Å². The summed E-state index contributed by atoms with van der Waals surface area (Å²) in [6.45, 7) is 5.95. The van der Waals surface area contributed by atoms with Crippen molar-refractivity contribution in [3.8, 4) is 0 Å². The number of hydrogen-bond donors (Lipinski definition) is 2. The van der Waals surface area contributed by atoms with E-state index in [-0.39, 0.29) is 41.8 Å². The number of piperazine rings is 1. The van der Waals surface area contributed by atoms with Crippen LogP contribution in [0.25, 0.3) is 11.4 Å². The highest BCUT2D eigenvalue weighted by Gasteiger charge is 2.65. The molecule has 0 unspecified atom stereocenters. The molecule has 1 amide bonds. The second kappa shape index (κ2) is 10.3. The molecule has 2 N–H and O–H groups in total. The molecule has 0 spiro atoms. The van der Waals surface area contributed by atoms with Crippen molar-refractivity contribution >= 4 is 38.9 Å². The fourth-order valence-corrected chi connectivity index (χ4v) is 5.89. The Hall–Kier alpha value is -3.50. The number of carbonyl (C=O) groups is 1. The van der Waals surface area contributed by atoms with Crippen LogP contribution in [0.2, 0.25) is 0 Å². The van der Waals surface area contributed by atoms with Gasteiger partial charge in [0.2, 0.25) is 11.7 Å². The van der Waals surface area contributed by atoms with Gasteiger partial charge >= 0.3 is 10.2 Å². The van der Waals surface area contributed by atoms with Crippen LogP contribution in [-0.2, 0) is 22.5 Å². The lowest BCUT2D eigenvalue weighted by molar-refractivity contribution is -0.116. The van der Waals surface area contributed by atoms with Crippen LogP contribution in [0.4, 0.5) is 30.8 Å². The van der Waals surface area contributed by atoms with E-state index in [0.29, 0.717) is 68.1 Å². The molecule has 0 saturated carbocycles. The zero-order chi connectivity index (χ0) is 30.3. The molecule has 0 atom stereocenters. The van der Waals surface area contributed by atoms with Crippen molar-refractivity contribution in [1.82, 2.24) is 24.5 Å². The van der Waals surface area contributed by atoms with Gasteiger partial charge < -0.3 is 24.8 Å². The molecule has 5 rings (SSSR count). The van der Waals surface area contributed by atoms with Gasteiger partial charge in [0.05, 0.1) is 12.3 Å². The Balaban J connectivity index is 1.56. The van der Waals surface area contributed by atoms with E-state index < -0.39 is 21.0 Å². The number of nitrogens with zero attached hydrogens (tertiary/aromatic N) is 5. The van der Waals surface area contributed by atoms with E-state index >= 15 is 0 Å². The molecule has 2 aliphatic heterocycles. The van der Waals surface area contributed by atoms with Crippen molar-refractivity contribution in [2.24, 2.45) is 0 Å². The van der Waals surface area contributed by atoms with Gasteiger partial charge in [-0.3, -0.25) is 9.59 Å². The third kappa shape index (κ3) is 6.15. The Morgan fingerprint density at radius 3 is 2.57 bits per heavy atom. The molecule has 230 valence electrons. The molecule has 2 aliphatic rings. The molecular formula is C26H32F5N7O3S. The largest absolute Gasteiger partial charge is 0.377 e. The first-order chi connectivity index (χ1) is 19.7. The number of halogens is 5. The molecule has 1 aromatic carbocycles. The minimum atomic E-state index is -9.88. The van der Waals surface area contributed by atoms with Gasteiger partial charge in [-0.25, -0.2) is 0 Å². The van der Waals surface area contributed by atoms with Crippen molar-refractivity contribution < 1.29 is 29.0 Å². The molecule has 0 aliphatic carbocycles. The molecule has 1 fully saturated rings. The van der Waals surface area contributed by atoms with Crippen LogP contribution in [0, 0.1) is 6.92 Å². The van der Waals surface area contributed by atoms with Gasteiger partial charge in [-0.05, 0) is 49.9 Å². The lowest BCUT2D eigenvalue weighted by Crippen LogP contribution is -2.47. The van der Waals surface area contributed by atoms with Gasteiger partial charge in [0.1, 0.15) is 17.1 Å². The topological polar surface area (TPSA) is 106 Å². The second-order valence-corrected chi connectivity index (χ2v) is 12.8. The molecule has 10 nitrogen and oxygen atoms in total. The molecule has 3 aromatic rings. The molecule has 16 heteroatoms. The van der Waals surface area contributed by atoms with Crippen molar-refractivity contribution in [2.75, 3.05) is 49.6 Å². The van der Waals surface area contributed by atoms with Crippen LogP contribution in [0.1, 0.15) is 36.8 Å². The Morgan fingerprint density at radius 1 is 1.17 bits per heavy atom. The SMILES string of the molecule is CCc1c(N2CCNCC2)c(=O)n2nc(C3=CCCCOC3)nc2n1CC(=O)Nc1ccc(S(F)(F)(F)(F)F)cc1C. The summed E-state index contributed by atoms with van der Waals surface area (Å²) in [6, 6.07) is 1.39. The van der Waals surface area contributed by atoms with Crippen molar-refractivity contribution in [3.05, 3.63) is 51.7 Å². The highest BCUT2D eigenvalue weighted by Crippen LogP contribution is 3.02. The summed E-state index contributed by atoms with van der Waals surface area (Å²) in [4.78, 5) is 31.6. The molecular weight excluding hydrogens is 585 g/mol.